The van der Waals surface area contributed by atoms with Crippen molar-refractivity contribution in [2.45, 2.75) is 70.1 Å². The van der Waals surface area contributed by atoms with Crippen LogP contribution < -0.4 is 4.90 Å². The Morgan fingerprint density at radius 1 is 0.431 bits per heavy atom. The Balaban J connectivity index is 1.01. The first kappa shape index (κ1) is 44.0. The second-order valence-corrected chi connectivity index (χ2v) is 22.4. The molecule has 0 N–H and O–H groups in total. The summed E-state index contributed by atoms with van der Waals surface area (Å²) in [6.45, 7) is 14.1. The second-order valence-electron chi connectivity index (χ2n) is 22.4. The predicted octanol–water partition coefficient (Wildman–Crippen LogP) is 19.1. The maximum atomic E-state index is 2.55. The summed E-state index contributed by atoms with van der Waals surface area (Å²) in [5.41, 5.74) is 25.2. The molecule has 0 saturated heterocycles. The Kier molecular flexibility index (Phi) is 10.1. The molecule has 3 aliphatic carbocycles. The van der Waals surface area contributed by atoms with Crippen LogP contribution >= 0.6 is 0 Å². The smallest absolute Gasteiger partial charge is 0.0726 e. The summed E-state index contributed by atoms with van der Waals surface area (Å²) >= 11 is 0. The van der Waals surface area contributed by atoms with Gasteiger partial charge in [-0.15, -0.1) is 0 Å². The highest BCUT2D eigenvalue weighted by atomic mass is 15.1. The highest BCUT2D eigenvalue weighted by molar-refractivity contribution is 6.02. The molecule has 1 heteroatoms. The number of nitrogens with zero attached hydrogens (tertiary/aromatic N) is 1. The molecule has 10 aromatic carbocycles. The van der Waals surface area contributed by atoms with Gasteiger partial charge >= 0.3 is 0 Å². The van der Waals surface area contributed by atoms with Crippen LogP contribution in [0, 0.1) is 0 Å². The van der Waals surface area contributed by atoms with Gasteiger partial charge in [0.15, 0.2) is 0 Å². The number of allylic oxidation sites excluding steroid dienone is 1. The van der Waals surface area contributed by atoms with E-state index in [9.17, 15) is 0 Å². The van der Waals surface area contributed by atoms with Crippen molar-refractivity contribution in [3.63, 3.8) is 0 Å². The van der Waals surface area contributed by atoms with Crippen molar-refractivity contribution in [2.75, 3.05) is 4.90 Å². The lowest BCUT2D eigenvalue weighted by molar-refractivity contribution is 0.586. The number of anilines is 3. The lowest BCUT2D eigenvalue weighted by Gasteiger charge is -2.33. The maximum Gasteiger partial charge on any atom is 0.0726 e. The fourth-order valence-electron chi connectivity index (χ4n) is 12.5. The molecule has 1 atom stereocenters. The molecule has 0 amide bonds. The molecule has 0 aliphatic heterocycles. The van der Waals surface area contributed by atoms with Gasteiger partial charge in [0.2, 0.25) is 0 Å². The molecule has 1 nitrogen and oxygen atoms in total. The third-order valence-electron chi connectivity index (χ3n) is 16.2. The Hall–Kier alpha value is -8.00. The molecular weight excluding hydrogens is 867 g/mol. The molecule has 13 rings (SSSR count). The topological polar surface area (TPSA) is 3.24 Å². The van der Waals surface area contributed by atoms with Crippen LogP contribution in [-0.4, -0.2) is 0 Å². The lowest BCUT2D eigenvalue weighted by Crippen LogP contribution is -2.27. The van der Waals surface area contributed by atoms with Crippen molar-refractivity contribution in [2.24, 2.45) is 0 Å². The van der Waals surface area contributed by atoms with Gasteiger partial charge in [-0.25, -0.2) is 0 Å². The molecular formula is C71H59N. The van der Waals surface area contributed by atoms with Gasteiger partial charge in [0.05, 0.1) is 11.1 Å². The molecule has 348 valence electrons. The van der Waals surface area contributed by atoms with Crippen molar-refractivity contribution in [3.8, 4) is 44.5 Å². The van der Waals surface area contributed by atoms with Crippen molar-refractivity contribution in [3.05, 3.63) is 275 Å². The summed E-state index contributed by atoms with van der Waals surface area (Å²) in [5, 5.41) is 2.53. The molecule has 1 unspecified atom stereocenters. The van der Waals surface area contributed by atoms with Crippen molar-refractivity contribution in [1.82, 2.24) is 0 Å². The number of benzene rings is 10. The number of hydrogen-bond acceptors (Lipinski definition) is 1. The Morgan fingerprint density at radius 3 is 1.75 bits per heavy atom. The fourth-order valence-corrected chi connectivity index (χ4v) is 12.5. The van der Waals surface area contributed by atoms with E-state index in [1.807, 2.05) is 0 Å². The van der Waals surface area contributed by atoms with Gasteiger partial charge in [0, 0.05) is 22.9 Å². The minimum Gasteiger partial charge on any atom is -0.310 e. The average Bonchev–Trinajstić information content (AvgIpc) is 3.89. The zero-order valence-corrected chi connectivity index (χ0v) is 42.2. The summed E-state index contributed by atoms with van der Waals surface area (Å²) in [6, 6.07) is 83.0. The van der Waals surface area contributed by atoms with E-state index >= 15 is 0 Å². The van der Waals surface area contributed by atoms with Gasteiger partial charge < -0.3 is 4.90 Å². The standard InChI is InChI=1S/C71H59N/c1-69(2,3)52-37-41-60-61-42-38-53(70(4,5)6)45-66(61)71(65(60)44-52)63-28-12-11-25-62(63)68-64(71)29-16-30-67(68)72(55-22-13-21-51(43-55)59-27-15-20-49-18-8-10-24-57(49)59)54-39-35-47(36-40-54)46-31-33-50(34-32-46)58-26-14-19-48-17-7-9-23-56(48)58/h7-26,28-45,59H,27H2,1-6H3. The third kappa shape index (κ3) is 6.89. The molecule has 10 aromatic rings. The summed E-state index contributed by atoms with van der Waals surface area (Å²) in [6.07, 6.45) is 5.60. The van der Waals surface area contributed by atoms with Gasteiger partial charge in [-0.05, 0) is 147 Å². The molecule has 0 saturated carbocycles. The van der Waals surface area contributed by atoms with E-state index in [-0.39, 0.29) is 16.7 Å². The van der Waals surface area contributed by atoms with Crippen LogP contribution in [0.5, 0.6) is 0 Å². The van der Waals surface area contributed by atoms with Crippen molar-refractivity contribution < 1.29 is 0 Å². The molecule has 0 aromatic heterocycles. The predicted molar refractivity (Wildman–Crippen MR) is 305 cm³/mol. The first-order chi connectivity index (χ1) is 35.0. The van der Waals surface area contributed by atoms with Gasteiger partial charge in [0.25, 0.3) is 0 Å². The largest absolute Gasteiger partial charge is 0.310 e. The van der Waals surface area contributed by atoms with Gasteiger partial charge in [-0.3, -0.25) is 0 Å². The van der Waals surface area contributed by atoms with Gasteiger partial charge in [-0.2, -0.15) is 0 Å². The Morgan fingerprint density at radius 2 is 1.01 bits per heavy atom. The molecule has 1 spiro atoms. The summed E-state index contributed by atoms with van der Waals surface area (Å²) in [5.74, 6) is 0.262. The zero-order valence-electron chi connectivity index (χ0n) is 42.2. The SMILES string of the molecule is CC(C)(C)c1ccc2c(c1)C1(c3cc(C(C)(C)C)ccc3-2)c2ccccc2-c2c(N(c3ccc(-c4ccc(-c5cccc6ccccc56)cc4)cc3)c3cccc(C4CC=Cc5ccccc54)c3)cccc21. The number of fused-ring (bicyclic) bond motifs is 12. The van der Waals surface area contributed by atoms with E-state index in [0.717, 1.165) is 17.8 Å². The summed E-state index contributed by atoms with van der Waals surface area (Å²) < 4.78 is 0. The molecule has 72 heavy (non-hydrogen) atoms. The van der Waals surface area contributed by atoms with E-state index < -0.39 is 5.41 Å². The summed E-state index contributed by atoms with van der Waals surface area (Å²) in [7, 11) is 0. The quantitative estimate of drug-likeness (QED) is 0.161. The normalized spacial score (nSPS) is 14.9. The van der Waals surface area contributed by atoms with E-state index in [1.165, 1.54) is 111 Å². The van der Waals surface area contributed by atoms with Crippen molar-refractivity contribution >= 4 is 33.9 Å². The fraction of sp³-hybridized carbons (Fsp3) is 0.155. The van der Waals surface area contributed by atoms with Crippen LogP contribution in [0.4, 0.5) is 17.1 Å². The average molecular weight is 926 g/mol. The summed E-state index contributed by atoms with van der Waals surface area (Å²) in [4.78, 5) is 2.55. The van der Waals surface area contributed by atoms with Crippen LogP contribution in [0.2, 0.25) is 0 Å². The number of hydrogen-bond donors (Lipinski definition) is 0. The number of rotatable bonds is 6. The van der Waals surface area contributed by atoms with Crippen LogP contribution in [0.25, 0.3) is 61.4 Å². The zero-order chi connectivity index (χ0) is 48.9. The van der Waals surface area contributed by atoms with Crippen LogP contribution in [0.15, 0.2) is 224 Å². The Bertz CT molecular complexity index is 3730. The van der Waals surface area contributed by atoms with Gasteiger partial charge in [0.1, 0.15) is 0 Å². The first-order valence-corrected chi connectivity index (χ1v) is 25.8. The highest BCUT2D eigenvalue weighted by Crippen LogP contribution is 2.65. The second kappa shape index (κ2) is 16.5. The molecule has 0 heterocycles. The lowest BCUT2D eigenvalue weighted by atomic mass is 9.69. The first-order valence-electron chi connectivity index (χ1n) is 25.8. The minimum atomic E-state index is -0.511. The molecule has 3 aliphatic rings. The van der Waals surface area contributed by atoms with Crippen molar-refractivity contribution in [1.29, 1.82) is 0 Å². The molecule has 0 fully saturated rings. The van der Waals surface area contributed by atoms with Gasteiger partial charge in [-0.1, -0.05) is 242 Å². The van der Waals surface area contributed by atoms with Crippen LogP contribution in [0.3, 0.4) is 0 Å². The third-order valence-corrected chi connectivity index (χ3v) is 16.2. The van der Waals surface area contributed by atoms with E-state index in [0.29, 0.717) is 0 Å². The monoisotopic (exact) mass is 925 g/mol. The van der Waals surface area contributed by atoms with E-state index in [2.05, 4.69) is 277 Å². The van der Waals surface area contributed by atoms with E-state index in [4.69, 9.17) is 0 Å². The molecule has 0 radical (unpaired) electrons. The minimum absolute atomic E-state index is 0.0220. The highest BCUT2D eigenvalue weighted by Gasteiger charge is 2.53. The van der Waals surface area contributed by atoms with Crippen LogP contribution in [-0.2, 0) is 16.2 Å². The maximum absolute atomic E-state index is 2.55. The van der Waals surface area contributed by atoms with E-state index in [1.54, 1.807) is 0 Å². The molecule has 0 bridgehead atoms. The Labute approximate surface area is 425 Å². The van der Waals surface area contributed by atoms with Crippen LogP contribution in [0.1, 0.15) is 104 Å².